The molecule has 3 aromatic rings. The molecule has 0 heterocycles. The summed E-state index contributed by atoms with van der Waals surface area (Å²) in [6, 6.07) is 19.7. The molecule has 1 atom stereocenters. The molecular weight excluding hydrogens is 510 g/mol. The third-order valence-corrected chi connectivity index (χ3v) is 8.12. The number of sulfonamides is 1. The number of carbonyl (C=O) groups is 2. The molecule has 0 spiro atoms. The second-order valence-electron chi connectivity index (χ2n) is 8.85. The Bertz CT molecular complexity index is 1340. The van der Waals surface area contributed by atoms with Crippen LogP contribution in [0.4, 0.5) is 5.69 Å². The van der Waals surface area contributed by atoms with E-state index in [0.717, 1.165) is 21.0 Å². The highest BCUT2D eigenvalue weighted by molar-refractivity contribution is 7.92. The summed E-state index contributed by atoms with van der Waals surface area (Å²) in [6.07, 6.45) is 0.355. The largest absolute Gasteiger partial charge is 0.357 e. The van der Waals surface area contributed by atoms with Crippen LogP contribution in [-0.4, -0.2) is 44.8 Å². The Hall–Kier alpha value is -3.36. The van der Waals surface area contributed by atoms with Crippen LogP contribution in [0.25, 0.3) is 0 Å². The summed E-state index contributed by atoms with van der Waals surface area (Å²) in [4.78, 5) is 28.1. The number of nitrogens with zero attached hydrogens (tertiary/aromatic N) is 2. The van der Waals surface area contributed by atoms with Crippen molar-refractivity contribution in [3.8, 4) is 0 Å². The molecule has 37 heavy (non-hydrogen) atoms. The lowest BCUT2D eigenvalue weighted by atomic mass is 10.1. The monoisotopic (exact) mass is 541 g/mol. The van der Waals surface area contributed by atoms with E-state index in [2.05, 4.69) is 5.32 Å². The van der Waals surface area contributed by atoms with Crippen LogP contribution in [0.15, 0.2) is 77.7 Å². The zero-order valence-electron chi connectivity index (χ0n) is 21.4. The van der Waals surface area contributed by atoms with Crippen molar-refractivity contribution in [2.75, 3.05) is 17.9 Å². The van der Waals surface area contributed by atoms with Crippen molar-refractivity contribution in [1.82, 2.24) is 10.2 Å². The van der Waals surface area contributed by atoms with E-state index in [1.165, 1.54) is 24.1 Å². The maximum Gasteiger partial charge on any atom is 0.264 e. The first-order valence-corrected chi connectivity index (χ1v) is 13.8. The van der Waals surface area contributed by atoms with Gasteiger partial charge in [0, 0.05) is 18.6 Å². The maximum atomic E-state index is 13.8. The predicted octanol–water partition coefficient (Wildman–Crippen LogP) is 4.71. The van der Waals surface area contributed by atoms with Gasteiger partial charge in [0.2, 0.25) is 11.8 Å². The number of aryl methyl sites for hydroxylation is 2. The van der Waals surface area contributed by atoms with Crippen LogP contribution < -0.4 is 9.62 Å². The van der Waals surface area contributed by atoms with Gasteiger partial charge in [-0.25, -0.2) is 8.42 Å². The topological polar surface area (TPSA) is 86.8 Å². The normalized spacial score (nSPS) is 12.0. The fourth-order valence-electron chi connectivity index (χ4n) is 4.02. The number of likely N-dealkylation sites (N-methyl/N-ethyl adjacent to an activating group) is 1. The number of amides is 2. The third-order valence-electron chi connectivity index (χ3n) is 6.08. The Morgan fingerprint density at radius 2 is 1.59 bits per heavy atom. The lowest BCUT2D eigenvalue weighted by Crippen LogP contribution is -2.51. The molecule has 3 aromatic carbocycles. The van der Waals surface area contributed by atoms with Crippen molar-refractivity contribution in [1.29, 1.82) is 0 Å². The number of nitrogens with one attached hydrogen (secondary N) is 1. The van der Waals surface area contributed by atoms with Gasteiger partial charge in [-0.05, 0) is 67.8 Å². The number of benzene rings is 3. The summed E-state index contributed by atoms with van der Waals surface area (Å²) < 4.78 is 28.7. The van der Waals surface area contributed by atoms with Crippen LogP contribution in [0.1, 0.15) is 30.0 Å². The summed E-state index contributed by atoms with van der Waals surface area (Å²) in [7, 11) is -2.57. The number of anilines is 1. The molecule has 0 aliphatic heterocycles. The first-order chi connectivity index (χ1) is 17.6. The molecule has 0 aromatic heterocycles. The molecule has 0 unspecified atom stereocenters. The zero-order chi connectivity index (χ0) is 27.2. The van der Waals surface area contributed by atoms with E-state index in [1.54, 1.807) is 54.6 Å². The maximum absolute atomic E-state index is 13.8. The molecule has 2 amide bonds. The molecule has 0 aliphatic rings. The van der Waals surface area contributed by atoms with Crippen molar-refractivity contribution >= 4 is 39.1 Å². The Balaban J connectivity index is 2.05. The van der Waals surface area contributed by atoms with Crippen LogP contribution >= 0.6 is 11.6 Å². The highest BCUT2D eigenvalue weighted by Gasteiger charge is 2.33. The van der Waals surface area contributed by atoms with Gasteiger partial charge in [0.15, 0.2) is 0 Å². The van der Waals surface area contributed by atoms with Gasteiger partial charge in [-0.2, -0.15) is 0 Å². The smallest absolute Gasteiger partial charge is 0.264 e. The standard InChI is InChI=1S/C28H32ClN3O4S/c1-5-26(28(34)30-4)31(18-22-11-13-23(29)14-12-22)27(33)19-32(24-8-6-7-21(3)17-24)37(35,36)25-15-9-20(2)10-16-25/h6-17,26H,5,18-19H2,1-4H3,(H,30,34)/t26-/m0/s1. The number of rotatable bonds is 10. The van der Waals surface area contributed by atoms with Crippen LogP contribution in [0.5, 0.6) is 0 Å². The minimum absolute atomic E-state index is 0.0787. The molecule has 3 rings (SSSR count). The molecule has 1 N–H and O–H groups in total. The minimum Gasteiger partial charge on any atom is -0.357 e. The number of hydrogen-bond donors (Lipinski definition) is 1. The SMILES string of the molecule is CC[C@@H](C(=O)NC)N(Cc1ccc(Cl)cc1)C(=O)CN(c1cccc(C)c1)S(=O)(=O)c1ccc(C)cc1. The van der Waals surface area contributed by atoms with Gasteiger partial charge in [-0.1, -0.05) is 60.5 Å². The van der Waals surface area contributed by atoms with Gasteiger partial charge in [-0.15, -0.1) is 0 Å². The zero-order valence-corrected chi connectivity index (χ0v) is 23.0. The molecule has 0 radical (unpaired) electrons. The van der Waals surface area contributed by atoms with E-state index < -0.39 is 28.5 Å². The molecule has 0 saturated carbocycles. The average molecular weight is 542 g/mol. The van der Waals surface area contributed by atoms with E-state index in [1.807, 2.05) is 26.8 Å². The quantitative estimate of drug-likeness (QED) is 0.403. The molecule has 0 aliphatic carbocycles. The van der Waals surface area contributed by atoms with Crippen molar-refractivity contribution in [2.24, 2.45) is 0 Å². The second kappa shape index (κ2) is 12.3. The van der Waals surface area contributed by atoms with Crippen LogP contribution in [0, 0.1) is 13.8 Å². The van der Waals surface area contributed by atoms with Gasteiger partial charge in [-0.3, -0.25) is 13.9 Å². The Kier molecular flexibility index (Phi) is 9.34. The fraction of sp³-hybridized carbons (Fsp3) is 0.286. The molecule has 0 fully saturated rings. The summed E-state index contributed by atoms with van der Waals surface area (Å²) in [5.41, 5.74) is 2.91. The molecule has 7 nitrogen and oxygen atoms in total. The lowest BCUT2D eigenvalue weighted by Gasteiger charge is -2.33. The molecule has 0 saturated heterocycles. The second-order valence-corrected chi connectivity index (χ2v) is 11.1. The fourth-order valence-corrected chi connectivity index (χ4v) is 5.55. The van der Waals surface area contributed by atoms with Gasteiger partial charge < -0.3 is 10.2 Å². The van der Waals surface area contributed by atoms with Crippen LogP contribution in [0.3, 0.4) is 0 Å². The predicted molar refractivity (Wildman–Crippen MR) is 147 cm³/mol. The van der Waals surface area contributed by atoms with Crippen molar-refractivity contribution in [2.45, 2.75) is 44.7 Å². The van der Waals surface area contributed by atoms with Crippen molar-refractivity contribution < 1.29 is 18.0 Å². The molecule has 0 bridgehead atoms. The van der Waals surface area contributed by atoms with Crippen molar-refractivity contribution in [3.05, 3.63) is 94.5 Å². The Labute approximate surface area is 224 Å². The van der Waals surface area contributed by atoms with E-state index in [4.69, 9.17) is 11.6 Å². The first-order valence-electron chi connectivity index (χ1n) is 12.0. The minimum atomic E-state index is -4.09. The summed E-state index contributed by atoms with van der Waals surface area (Å²) in [5, 5.41) is 3.17. The molecule has 9 heteroatoms. The summed E-state index contributed by atoms with van der Waals surface area (Å²) >= 11 is 6.02. The number of halogens is 1. The summed E-state index contributed by atoms with van der Waals surface area (Å²) in [6.45, 7) is 5.18. The van der Waals surface area contributed by atoms with E-state index in [-0.39, 0.29) is 17.3 Å². The third kappa shape index (κ3) is 6.90. The Morgan fingerprint density at radius 3 is 2.16 bits per heavy atom. The van der Waals surface area contributed by atoms with Gasteiger partial charge >= 0.3 is 0 Å². The summed E-state index contributed by atoms with van der Waals surface area (Å²) in [5.74, 6) is -0.823. The van der Waals surface area contributed by atoms with E-state index in [9.17, 15) is 18.0 Å². The molecule has 196 valence electrons. The highest BCUT2D eigenvalue weighted by atomic mass is 35.5. The number of carbonyl (C=O) groups excluding carboxylic acids is 2. The molecular formula is C28H32ClN3O4S. The first kappa shape index (κ1) is 28.2. The van der Waals surface area contributed by atoms with E-state index in [0.29, 0.717) is 17.1 Å². The lowest BCUT2D eigenvalue weighted by molar-refractivity contribution is -0.140. The van der Waals surface area contributed by atoms with Crippen LogP contribution in [0.2, 0.25) is 5.02 Å². The van der Waals surface area contributed by atoms with E-state index >= 15 is 0 Å². The van der Waals surface area contributed by atoms with Crippen molar-refractivity contribution in [3.63, 3.8) is 0 Å². The number of hydrogen-bond acceptors (Lipinski definition) is 4. The van der Waals surface area contributed by atoms with Gasteiger partial charge in [0.1, 0.15) is 12.6 Å². The average Bonchev–Trinajstić information content (AvgIpc) is 2.88. The van der Waals surface area contributed by atoms with Gasteiger partial charge in [0.25, 0.3) is 10.0 Å². The highest BCUT2D eigenvalue weighted by Crippen LogP contribution is 2.26. The Morgan fingerprint density at radius 1 is 0.946 bits per heavy atom. The van der Waals surface area contributed by atoms with Crippen LogP contribution in [-0.2, 0) is 26.2 Å². The van der Waals surface area contributed by atoms with Gasteiger partial charge in [0.05, 0.1) is 10.6 Å².